The number of alkyl halides is 6. The van der Waals surface area contributed by atoms with Crippen LogP contribution in [0.1, 0.15) is 11.7 Å². The molecule has 0 aliphatic carbocycles. The van der Waals surface area contributed by atoms with Crippen LogP contribution < -0.4 is 5.32 Å². The quantitative estimate of drug-likeness (QED) is 0.860. The molecular formula is C9H9F6N3. The smallest absolute Gasteiger partial charge is 0.311 e. The van der Waals surface area contributed by atoms with Crippen molar-refractivity contribution in [3.63, 3.8) is 0 Å². The lowest BCUT2D eigenvalue weighted by molar-refractivity contribution is -0.292. The maximum Gasteiger partial charge on any atom is 0.402 e. The molecule has 1 N–H and O–H groups in total. The molecule has 0 aliphatic heterocycles. The van der Waals surface area contributed by atoms with E-state index in [1.165, 1.54) is 0 Å². The highest BCUT2D eigenvalue weighted by molar-refractivity contribution is 5.06. The van der Waals surface area contributed by atoms with Crippen LogP contribution in [0.2, 0.25) is 0 Å². The summed E-state index contributed by atoms with van der Waals surface area (Å²) in [4.78, 5) is 6.94. The minimum absolute atomic E-state index is 0.417. The molecule has 0 aliphatic rings. The molecule has 18 heavy (non-hydrogen) atoms. The molecule has 0 bridgehead atoms. The lowest BCUT2D eigenvalue weighted by Crippen LogP contribution is -2.45. The first kappa shape index (κ1) is 14.7. The zero-order valence-electron chi connectivity index (χ0n) is 9.05. The van der Waals surface area contributed by atoms with E-state index in [9.17, 15) is 26.3 Å². The molecular weight excluding hydrogens is 264 g/mol. The first-order valence-electron chi connectivity index (χ1n) is 4.74. The number of nitrogens with one attached hydrogen (secondary N) is 1. The molecule has 1 aromatic rings. The minimum Gasteiger partial charge on any atom is -0.311 e. The fourth-order valence-corrected chi connectivity index (χ4v) is 1.52. The molecule has 0 aromatic carbocycles. The Morgan fingerprint density at radius 2 is 1.61 bits per heavy atom. The van der Waals surface area contributed by atoms with Gasteiger partial charge in [0, 0.05) is 18.6 Å². The van der Waals surface area contributed by atoms with Gasteiger partial charge in [-0.15, -0.1) is 0 Å². The molecule has 0 radical (unpaired) electrons. The van der Waals surface area contributed by atoms with Crippen LogP contribution in [-0.4, -0.2) is 29.4 Å². The minimum atomic E-state index is -5.43. The van der Waals surface area contributed by atoms with Crippen molar-refractivity contribution in [2.75, 3.05) is 7.05 Å². The van der Waals surface area contributed by atoms with Gasteiger partial charge < -0.3 is 5.32 Å². The summed E-state index contributed by atoms with van der Waals surface area (Å²) in [6, 6.07) is -2.03. The second-order valence-corrected chi connectivity index (χ2v) is 3.46. The third-order valence-electron chi connectivity index (χ3n) is 2.25. The molecule has 0 spiro atoms. The van der Waals surface area contributed by atoms with E-state index < -0.39 is 30.0 Å². The maximum atomic E-state index is 12.5. The largest absolute Gasteiger partial charge is 0.402 e. The average molecular weight is 273 g/mol. The Morgan fingerprint density at radius 1 is 1.06 bits per heavy atom. The second kappa shape index (κ2) is 5.09. The van der Waals surface area contributed by atoms with Gasteiger partial charge in [-0.1, -0.05) is 0 Å². The van der Waals surface area contributed by atoms with Crippen LogP contribution in [0.5, 0.6) is 0 Å². The summed E-state index contributed by atoms with van der Waals surface area (Å²) in [7, 11) is 1.00. The van der Waals surface area contributed by atoms with E-state index in [1.54, 1.807) is 0 Å². The summed E-state index contributed by atoms with van der Waals surface area (Å²) in [6.07, 6.45) is -7.80. The van der Waals surface area contributed by atoms with Gasteiger partial charge in [-0.25, -0.2) is 0 Å². The number of halogens is 6. The van der Waals surface area contributed by atoms with Gasteiger partial charge in [-0.3, -0.25) is 9.97 Å². The monoisotopic (exact) mass is 273 g/mol. The summed E-state index contributed by atoms with van der Waals surface area (Å²) in [5, 5.41) is 1.99. The molecule has 1 rings (SSSR count). The highest BCUT2D eigenvalue weighted by Gasteiger charge is 2.60. The molecule has 9 heteroatoms. The van der Waals surface area contributed by atoms with Crippen molar-refractivity contribution in [2.45, 2.75) is 18.4 Å². The second-order valence-electron chi connectivity index (χ2n) is 3.46. The van der Waals surface area contributed by atoms with Crippen molar-refractivity contribution < 1.29 is 26.3 Å². The summed E-state index contributed by atoms with van der Waals surface area (Å²) < 4.78 is 75.2. The van der Waals surface area contributed by atoms with Crippen LogP contribution in [0.3, 0.4) is 0 Å². The van der Waals surface area contributed by atoms with Crippen molar-refractivity contribution >= 4 is 0 Å². The highest BCUT2D eigenvalue weighted by atomic mass is 19.4. The molecule has 0 fully saturated rings. The number of nitrogens with zero attached hydrogens (tertiary/aromatic N) is 2. The fourth-order valence-electron chi connectivity index (χ4n) is 1.52. The predicted octanol–water partition coefficient (Wildman–Crippen LogP) is 2.48. The van der Waals surface area contributed by atoms with Crippen LogP contribution in [0, 0.1) is 5.92 Å². The molecule has 0 saturated carbocycles. The molecule has 1 heterocycles. The number of rotatable bonds is 3. The van der Waals surface area contributed by atoms with Crippen LogP contribution >= 0.6 is 0 Å². The lowest BCUT2D eigenvalue weighted by Gasteiger charge is -2.29. The Hall–Kier alpha value is -1.38. The van der Waals surface area contributed by atoms with Crippen molar-refractivity contribution in [1.82, 2.24) is 15.3 Å². The van der Waals surface area contributed by atoms with Gasteiger partial charge in [0.15, 0.2) is 5.92 Å². The van der Waals surface area contributed by atoms with Crippen LogP contribution in [0.25, 0.3) is 0 Å². The standard InChI is InChI=1S/C9H9F6N3/c1-16-6(5-4-17-2-3-18-5)7(8(10,11)12)9(13,14)15/h2-4,6-7,16H,1H3. The Balaban J connectivity index is 3.19. The molecule has 3 nitrogen and oxygen atoms in total. The Kier molecular flexibility index (Phi) is 4.15. The molecule has 102 valence electrons. The molecule has 0 saturated heterocycles. The first-order valence-corrected chi connectivity index (χ1v) is 4.74. The van der Waals surface area contributed by atoms with E-state index in [-0.39, 0.29) is 0 Å². The van der Waals surface area contributed by atoms with Gasteiger partial charge in [-0.05, 0) is 7.05 Å². The average Bonchev–Trinajstić information content (AvgIpc) is 2.23. The Bertz CT molecular complexity index is 360. The van der Waals surface area contributed by atoms with E-state index in [0.717, 1.165) is 25.6 Å². The Morgan fingerprint density at radius 3 is 1.94 bits per heavy atom. The Labute approximate surface area is 98.2 Å². The highest BCUT2D eigenvalue weighted by Crippen LogP contribution is 2.45. The van der Waals surface area contributed by atoms with E-state index in [2.05, 4.69) is 9.97 Å². The van der Waals surface area contributed by atoms with Gasteiger partial charge in [0.1, 0.15) is 0 Å². The maximum absolute atomic E-state index is 12.5. The van der Waals surface area contributed by atoms with Crippen LogP contribution in [0.4, 0.5) is 26.3 Å². The summed E-state index contributed by atoms with van der Waals surface area (Å²) in [5.74, 6) is -3.54. The van der Waals surface area contributed by atoms with Gasteiger partial charge in [-0.2, -0.15) is 26.3 Å². The first-order chi connectivity index (χ1) is 8.18. The number of hydrogen-bond acceptors (Lipinski definition) is 3. The van der Waals surface area contributed by atoms with Crippen molar-refractivity contribution in [1.29, 1.82) is 0 Å². The van der Waals surface area contributed by atoms with Crippen molar-refractivity contribution in [3.05, 3.63) is 24.3 Å². The fraction of sp³-hybridized carbons (Fsp3) is 0.556. The summed E-state index contributed by atoms with van der Waals surface area (Å²) >= 11 is 0. The van der Waals surface area contributed by atoms with Gasteiger partial charge in [0.2, 0.25) is 0 Å². The third kappa shape index (κ3) is 3.31. The zero-order valence-corrected chi connectivity index (χ0v) is 9.05. The van der Waals surface area contributed by atoms with Gasteiger partial charge >= 0.3 is 12.4 Å². The molecule has 1 unspecified atom stereocenters. The predicted molar refractivity (Wildman–Crippen MR) is 49.4 cm³/mol. The van der Waals surface area contributed by atoms with Crippen LogP contribution in [-0.2, 0) is 0 Å². The van der Waals surface area contributed by atoms with E-state index in [1.807, 2.05) is 5.32 Å². The van der Waals surface area contributed by atoms with Crippen molar-refractivity contribution in [3.8, 4) is 0 Å². The zero-order chi connectivity index (χ0) is 14.0. The molecule has 1 aromatic heterocycles. The normalized spacial score (nSPS) is 14.9. The number of aromatic nitrogens is 2. The summed E-state index contributed by atoms with van der Waals surface area (Å²) in [5.41, 5.74) is -0.417. The van der Waals surface area contributed by atoms with Crippen molar-refractivity contribution in [2.24, 2.45) is 5.92 Å². The lowest BCUT2D eigenvalue weighted by atomic mass is 9.96. The number of hydrogen-bond donors (Lipinski definition) is 1. The molecule has 1 atom stereocenters. The van der Waals surface area contributed by atoms with Crippen LogP contribution in [0.15, 0.2) is 18.6 Å². The third-order valence-corrected chi connectivity index (χ3v) is 2.25. The van der Waals surface area contributed by atoms with Gasteiger partial charge in [0.25, 0.3) is 0 Å². The summed E-state index contributed by atoms with van der Waals surface area (Å²) in [6.45, 7) is 0. The SMILES string of the molecule is CNC(c1cnccn1)C(C(F)(F)F)C(F)(F)F. The van der Waals surface area contributed by atoms with E-state index in [0.29, 0.717) is 0 Å². The van der Waals surface area contributed by atoms with E-state index >= 15 is 0 Å². The van der Waals surface area contributed by atoms with E-state index in [4.69, 9.17) is 0 Å². The molecule has 0 amide bonds. The topological polar surface area (TPSA) is 37.8 Å². The van der Waals surface area contributed by atoms with Gasteiger partial charge in [0.05, 0.1) is 11.7 Å².